The highest BCUT2D eigenvalue weighted by Gasteiger charge is 2.18. The molecule has 1 aliphatic rings. The highest BCUT2D eigenvalue weighted by molar-refractivity contribution is 7.90. The first-order valence-electron chi connectivity index (χ1n) is 10.1. The number of hydrogen-bond acceptors (Lipinski definition) is 4. The zero-order chi connectivity index (χ0) is 22.4. The fourth-order valence-electron chi connectivity index (χ4n) is 3.45. The summed E-state index contributed by atoms with van der Waals surface area (Å²) < 4.78 is 25.9. The monoisotopic (exact) mass is 479 g/mol. The molecule has 0 aliphatic carbocycles. The smallest absolute Gasteiger partial charge is 0.242 e. The first kappa shape index (κ1) is 23.8. The normalized spacial score (nSPS) is 15.5. The Kier molecular flexibility index (Phi) is 8.19. The summed E-state index contributed by atoms with van der Waals surface area (Å²) in [6, 6.07) is 15.3. The van der Waals surface area contributed by atoms with Crippen molar-refractivity contribution < 1.29 is 8.42 Å². The molecule has 0 spiro atoms. The van der Waals surface area contributed by atoms with Gasteiger partial charge >= 0.3 is 0 Å². The van der Waals surface area contributed by atoms with Gasteiger partial charge in [-0.1, -0.05) is 53.5 Å². The van der Waals surface area contributed by atoms with Gasteiger partial charge in [-0.05, 0) is 36.9 Å². The van der Waals surface area contributed by atoms with E-state index in [-0.39, 0.29) is 5.75 Å². The van der Waals surface area contributed by atoms with Gasteiger partial charge in [0.2, 0.25) is 10.0 Å². The van der Waals surface area contributed by atoms with Gasteiger partial charge in [-0.3, -0.25) is 4.90 Å². The van der Waals surface area contributed by atoms with Crippen molar-refractivity contribution in [3.63, 3.8) is 0 Å². The summed E-state index contributed by atoms with van der Waals surface area (Å²) in [6.07, 6.45) is 2.86. The van der Waals surface area contributed by atoms with Crippen LogP contribution < -0.4 is 0 Å². The molecule has 4 rings (SSSR count). The molecule has 2 heterocycles. The first-order chi connectivity index (χ1) is 14.8. The molecule has 1 saturated heterocycles. The first-order valence-corrected chi connectivity index (χ1v) is 12.4. The van der Waals surface area contributed by atoms with Crippen LogP contribution in [0.25, 0.3) is 10.9 Å². The molecule has 1 aliphatic heterocycles. The zero-order valence-corrected chi connectivity index (χ0v) is 19.9. The van der Waals surface area contributed by atoms with E-state index in [0.29, 0.717) is 10.5 Å². The molecule has 166 valence electrons. The van der Waals surface area contributed by atoms with Crippen LogP contribution in [0.2, 0.25) is 10.0 Å². The number of hydrogen-bond donors (Lipinski definition) is 0. The maximum absolute atomic E-state index is 12.3. The number of fused-ring (bicyclic) bond motifs is 1. The van der Waals surface area contributed by atoms with Crippen molar-refractivity contribution in [2.75, 3.05) is 39.0 Å². The van der Waals surface area contributed by atoms with E-state index in [2.05, 4.69) is 23.4 Å². The van der Waals surface area contributed by atoms with Crippen LogP contribution in [0.5, 0.6) is 0 Å². The highest BCUT2D eigenvalue weighted by atomic mass is 35.5. The van der Waals surface area contributed by atoms with Gasteiger partial charge in [0.05, 0.1) is 16.3 Å². The number of piperazine rings is 1. The lowest BCUT2D eigenvalue weighted by Crippen LogP contribution is -2.43. The molecule has 3 aromatic rings. The van der Waals surface area contributed by atoms with Gasteiger partial charge in [0.25, 0.3) is 0 Å². The molecular weight excluding hydrogens is 453 g/mol. The summed E-state index contributed by atoms with van der Waals surface area (Å²) >= 11 is 11.8. The van der Waals surface area contributed by atoms with Crippen LogP contribution >= 0.6 is 23.2 Å². The molecule has 0 N–H and O–H groups in total. The fourth-order valence-corrected chi connectivity index (χ4v) is 5.08. The minimum atomic E-state index is -3.46. The van der Waals surface area contributed by atoms with Crippen molar-refractivity contribution in [3.05, 3.63) is 83.0 Å². The number of rotatable bonds is 5. The number of aromatic nitrogens is 1. The van der Waals surface area contributed by atoms with Crippen molar-refractivity contribution >= 4 is 44.1 Å². The van der Waals surface area contributed by atoms with E-state index in [0.717, 1.165) is 48.7 Å². The molecule has 31 heavy (non-hydrogen) atoms. The molecule has 1 aromatic heterocycles. The second-order valence-electron chi connectivity index (χ2n) is 7.57. The maximum Gasteiger partial charge on any atom is 0.242 e. The van der Waals surface area contributed by atoms with Crippen LogP contribution in [0.3, 0.4) is 0 Å². The molecule has 1 fully saturated rings. The van der Waals surface area contributed by atoms with E-state index in [4.69, 9.17) is 23.2 Å². The summed E-state index contributed by atoms with van der Waals surface area (Å²) in [6.45, 7) is 8.57. The molecule has 0 atom stereocenters. The third kappa shape index (κ3) is 6.34. The Hall–Kier alpha value is -1.83. The van der Waals surface area contributed by atoms with Crippen molar-refractivity contribution in [3.8, 4) is 0 Å². The second-order valence-corrected chi connectivity index (χ2v) is 10.3. The van der Waals surface area contributed by atoms with Gasteiger partial charge in [-0.15, -0.1) is 6.58 Å². The van der Waals surface area contributed by atoms with Crippen LogP contribution in [0, 0.1) is 0 Å². The van der Waals surface area contributed by atoms with Gasteiger partial charge in [0.1, 0.15) is 0 Å². The van der Waals surface area contributed by atoms with Crippen LogP contribution in [-0.2, 0) is 16.6 Å². The van der Waals surface area contributed by atoms with E-state index in [1.54, 1.807) is 0 Å². The quantitative estimate of drug-likeness (QED) is 0.495. The molecule has 0 saturated carbocycles. The Balaban J connectivity index is 0.000000330. The minimum absolute atomic E-state index is 0.115. The summed E-state index contributed by atoms with van der Waals surface area (Å²) in [5, 5.41) is 2.02. The second kappa shape index (κ2) is 10.7. The topological polar surface area (TPSA) is 45.6 Å². The summed E-state index contributed by atoms with van der Waals surface area (Å²) in [4.78, 5) is 4.72. The summed E-state index contributed by atoms with van der Waals surface area (Å²) in [5.74, 6) is -0.115. The summed E-state index contributed by atoms with van der Waals surface area (Å²) in [7, 11) is -1.33. The van der Waals surface area contributed by atoms with Gasteiger partial charge in [-0.25, -0.2) is 12.4 Å². The van der Waals surface area contributed by atoms with Crippen molar-refractivity contribution in [2.45, 2.75) is 6.54 Å². The lowest BCUT2D eigenvalue weighted by molar-refractivity contribution is 0.148. The van der Waals surface area contributed by atoms with E-state index in [1.807, 2.05) is 48.5 Å². The van der Waals surface area contributed by atoms with Crippen molar-refractivity contribution in [2.24, 2.45) is 0 Å². The molecule has 2 aromatic carbocycles. The number of halogens is 2. The van der Waals surface area contributed by atoms with Crippen LogP contribution in [0.4, 0.5) is 0 Å². The van der Waals surface area contributed by atoms with Gasteiger partial charge in [0, 0.05) is 49.3 Å². The Labute approximate surface area is 194 Å². The highest BCUT2D eigenvalue weighted by Crippen LogP contribution is 2.28. The third-order valence-corrected chi connectivity index (χ3v) is 7.26. The Morgan fingerprint density at radius 1 is 1.03 bits per heavy atom. The van der Waals surface area contributed by atoms with Crippen molar-refractivity contribution in [1.29, 1.82) is 0 Å². The molecule has 0 radical (unpaired) electrons. The van der Waals surface area contributed by atoms with E-state index in [9.17, 15) is 8.42 Å². The predicted molar refractivity (Wildman–Crippen MR) is 131 cm³/mol. The molecular formula is C23H27Cl2N3O2S. The van der Waals surface area contributed by atoms with E-state index < -0.39 is 10.0 Å². The molecule has 5 nitrogen and oxygen atoms in total. The number of benzene rings is 2. The summed E-state index contributed by atoms with van der Waals surface area (Å²) in [5.41, 5.74) is 1.76. The standard InChI is InChI=1S/C17H22ClN3O2S.C6H5Cl/c1-3-10-24(22,23)21-13-16(18)15-11-14(4-5-17(15)21)12-20-8-6-19(2)7-9-20;7-6-4-2-1-3-5-6/h3-5,11,13H,1,6-10,12H2,2H3;1-5H. The molecule has 0 bridgehead atoms. The van der Waals surface area contributed by atoms with Crippen LogP contribution in [-0.4, -0.2) is 61.2 Å². The van der Waals surface area contributed by atoms with Gasteiger partial charge < -0.3 is 4.90 Å². The maximum atomic E-state index is 12.3. The molecule has 0 unspecified atom stereocenters. The average molecular weight is 480 g/mol. The molecule has 0 amide bonds. The minimum Gasteiger partial charge on any atom is -0.304 e. The van der Waals surface area contributed by atoms with Gasteiger partial charge in [-0.2, -0.15) is 0 Å². The van der Waals surface area contributed by atoms with Crippen LogP contribution in [0.1, 0.15) is 5.56 Å². The number of likely N-dealkylation sites (N-methyl/N-ethyl adjacent to an activating group) is 1. The third-order valence-electron chi connectivity index (χ3n) is 5.15. The molecule has 8 heteroatoms. The predicted octanol–water partition coefficient (Wildman–Crippen LogP) is 4.75. The van der Waals surface area contributed by atoms with E-state index in [1.165, 1.54) is 16.2 Å². The van der Waals surface area contributed by atoms with Crippen molar-refractivity contribution in [1.82, 2.24) is 13.8 Å². The zero-order valence-electron chi connectivity index (χ0n) is 17.5. The Bertz CT molecular complexity index is 1120. The van der Waals surface area contributed by atoms with Crippen LogP contribution in [0.15, 0.2) is 67.4 Å². The average Bonchev–Trinajstić information content (AvgIpc) is 3.08. The number of nitrogens with zero attached hydrogens (tertiary/aromatic N) is 3. The lowest BCUT2D eigenvalue weighted by atomic mass is 10.1. The largest absolute Gasteiger partial charge is 0.304 e. The Morgan fingerprint density at radius 3 is 2.29 bits per heavy atom. The van der Waals surface area contributed by atoms with E-state index >= 15 is 0 Å². The SMILES string of the molecule is C=CCS(=O)(=O)n1cc(Cl)c2cc(CN3CCN(C)CC3)ccc21.Clc1ccccc1. The lowest BCUT2D eigenvalue weighted by Gasteiger charge is -2.32. The Morgan fingerprint density at radius 2 is 1.71 bits per heavy atom. The fraction of sp³-hybridized carbons (Fsp3) is 0.304. The van der Waals surface area contributed by atoms with Gasteiger partial charge in [0.15, 0.2) is 0 Å².